The zero-order valence-electron chi connectivity index (χ0n) is 18.8. The Bertz CT molecular complexity index is 645. The average molecular weight is 409 g/mol. The van der Waals surface area contributed by atoms with Crippen LogP contribution in [0, 0.1) is 5.92 Å². The predicted octanol–water partition coefficient (Wildman–Crippen LogP) is 3.59. The van der Waals surface area contributed by atoms with Crippen molar-refractivity contribution in [1.29, 1.82) is 0 Å². The van der Waals surface area contributed by atoms with E-state index in [9.17, 15) is 14.4 Å². The number of likely N-dealkylation sites (tertiary alicyclic amines) is 1. The SMILES string of the molecule is C=C[C@@H](C)C(NC(=O)OC(C)(C)C)C(=O)N1[C@@H](C=C)CC[C@H]1C(=O)OC(C)(C)C. The van der Waals surface area contributed by atoms with Gasteiger partial charge in [0.25, 0.3) is 0 Å². The number of ether oxygens (including phenoxy) is 2. The number of amides is 2. The highest BCUT2D eigenvalue weighted by Gasteiger charge is 2.45. The summed E-state index contributed by atoms with van der Waals surface area (Å²) < 4.78 is 10.8. The van der Waals surface area contributed by atoms with Gasteiger partial charge in [0.2, 0.25) is 5.91 Å². The third-order valence-electron chi connectivity index (χ3n) is 4.47. The Morgan fingerprint density at radius 2 is 1.59 bits per heavy atom. The fourth-order valence-corrected chi connectivity index (χ4v) is 3.14. The quantitative estimate of drug-likeness (QED) is 0.536. The van der Waals surface area contributed by atoms with E-state index in [1.165, 1.54) is 4.90 Å². The molecule has 0 aromatic carbocycles. The van der Waals surface area contributed by atoms with Gasteiger partial charge in [0, 0.05) is 5.92 Å². The zero-order chi connectivity index (χ0) is 22.6. The third kappa shape index (κ3) is 7.22. The number of alkyl carbamates (subject to hydrolysis) is 1. The molecule has 7 nitrogen and oxygen atoms in total. The fourth-order valence-electron chi connectivity index (χ4n) is 3.14. The van der Waals surface area contributed by atoms with Gasteiger partial charge in [-0.2, -0.15) is 0 Å². The minimum atomic E-state index is -0.923. The summed E-state index contributed by atoms with van der Waals surface area (Å²) >= 11 is 0. The van der Waals surface area contributed by atoms with Gasteiger partial charge in [0.05, 0.1) is 6.04 Å². The second kappa shape index (κ2) is 9.46. The first-order valence-electron chi connectivity index (χ1n) is 10.00. The van der Waals surface area contributed by atoms with Gasteiger partial charge in [-0.3, -0.25) is 4.79 Å². The normalized spacial score (nSPS) is 21.7. The molecule has 0 spiro atoms. The van der Waals surface area contributed by atoms with Crippen LogP contribution < -0.4 is 5.32 Å². The van der Waals surface area contributed by atoms with Crippen molar-refractivity contribution in [3.05, 3.63) is 25.3 Å². The standard InChI is InChI=1S/C22H36N2O5/c1-10-14(3)17(23-20(27)29-22(7,8)9)18(25)24-15(11-2)12-13-16(24)19(26)28-21(4,5)6/h10-11,14-17H,1-2,12-13H2,3-9H3,(H,23,27)/t14-,15+,16+,17?/m1/s1. The summed E-state index contributed by atoms with van der Waals surface area (Å²) in [6.45, 7) is 19.9. The van der Waals surface area contributed by atoms with Crippen LogP contribution in [0.4, 0.5) is 4.79 Å². The van der Waals surface area contributed by atoms with Crippen LogP contribution in [0.15, 0.2) is 25.3 Å². The van der Waals surface area contributed by atoms with Crippen molar-refractivity contribution >= 4 is 18.0 Å². The van der Waals surface area contributed by atoms with E-state index in [1.54, 1.807) is 60.6 Å². The van der Waals surface area contributed by atoms with Gasteiger partial charge in [-0.25, -0.2) is 9.59 Å². The summed E-state index contributed by atoms with van der Waals surface area (Å²) in [5.41, 5.74) is -1.37. The van der Waals surface area contributed by atoms with E-state index in [0.29, 0.717) is 12.8 Å². The molecule has 1 aliphatic heterocycles. The van der Waals surface area contributed by atoms with Crippen LogP contribution in [0.5, 0.6) is 0 Å². The molecular weight excluding hydrogens is 372 g/mol. The van der Waals surface area contributed by atoms with E-state index >= 15 is 0 Å². The van der Waals surface area contributed by atoms with E-state index in [2.05, 4.69) is 18.5 Å². The van der Waals surface area contributed by atoms with Gasteiger partial charge in [-0.15, -0.1) is 13.2 Å². The minimum Gasteiger partial charge on any atom is -0.458 e. The molecule has 164 valence electrons. The maximum absolute atomic E-state index is 13.4. The third-order valence-corrected chi connectivity index (χ3v) is 4.47. The van der Waals surface area contributed by atoms with Crippen molar-refractivity contribution in [3.8, 4) is 0 Å². The lowest BCUT2D eigenvalue weighted by molar-refractivity contribution is -0.164. The summed E-state index contributed by atoms with van der Waals surface area (Å²) in [5.74, 6) is -1.22. The lowest BCUT2D eigenvalue weighted by Crippen LogP contribution is -2.56. The van der Waals surface area contributed by atoms with Crippen LogP contribution >= 0.6 is 0 Å². The van der Waals surface area contributed by atoms with Gasteiger partial charge >= 0.3 is 12.1 Å². The van der Waals surface area contributed by atoms with Gasteiger partial charge in [0.15, 0.2) is 0 Å². The molecule has 1 heterocycles. The molecule has 1 aliphatic rings. The van der Waals surface area contributed by atoms with Gasteiger partial charge < -0.3 is 19.7 Å². The maximum atomic E-state index is 13.4. The number of esters is 1. The molecule has 2 amide bonds. The smallest absolute Gasteiger partial charge is 0.408 e. The molecule has 0 aliphatic carbocycles. The van der Waals surface area contributed by atoms with Crippen molar-refractivity contribution in [2.45, 2.75) is 90.6 Å². The number of hydrogen-bond donors (Lipinski definition) is 1. The topological polar surface area (TPSA) is 84.9 Å². The molecule has 1 N–H and O–H groups in total. The predicted molar refractivity (Wildman–Crippen MR) is 112 cm³/mol. The van der Waals surface area contributed by atoms with Crippen molar-refractivity contribution in [1.82, 2.24) is 10.2 Å². The van der Waals surface area contributed by atoms with Crippen molar-refractivity contribution in [2.75, 3.05) is 0 Å². The van der Waals surface area contributed by atoms with E-state index in [1.807, 2.05) is 0 Å². The van der Waals surface area contributed by atoms with E-state index in [4.69, 9.17) is 9.47 Å². The Balaban J connectivity index is 3.14. The molecule has 7 heteroatoms. The van der Waals surface area contributed by atoms with Gasteiger partial charge in [0.1, 0.15) is 23.3 Å². The molecule has 29 heavy (non-hydrogen) atoms. The molecule has 4 atom stereocenters. The number of carbonyl (C=O) groups is 3. The molecule has 0 bridgehead atoms. The van der Waals surface area contributed by atoms with Crippen molar-refractivity contribution in [2.24, 2.45) is 5.92 Å². The molecule has 0 saturated carbocycles. The second-order valence-corrected chi connectivity index (χ2v) is 9.39. The molecule has 1 fully saturated rings. The van der Waals surface area contributed by atoms with Crippen LogP contribution in [-0.2, 0) is 19.1 Å². The summed E-state index contributed by atoms with van der Waals surface area (Å²) in [5, 5.41) is 2.64. The lowest BCUT2D eigenvalue weighted by Gasteiger charge is -2.34. The number of carbonyl (C=O) groups excluding carboxylic acids is 3. The summed E-state index contributed by atoms with van der Waals surface area (Å²) in [4.78, 5) is 40.0. The van der Waals surface area contributed by atoms with Crippen molar-refractivity contribution < 1.29 is 23.9 Å². The zero-order valence-corrected chi connectivity index (χ0v) is 18.8. The molecule has 0 radical (unpaired) electrons. The highest BCUT2D eigenvalue weighted by Crippen LogP contribution is 2.29. The van der Waals surface area contributed by atoms with Crippen LogP contribution in [-0.4, -0.2) is 52.2 Å². The Hall–Kier alpha value is -2.31. The fraction of sp³-hybridized carbons (Fsp3) is 0.682. The van der Waals surface area contributed by atoms with E-state index in [-0.39, 0.29) is 17.9 Å². The molecule has 1 unspecified atom stereocenters. The van der Waals surface area contributed by atoms with Gasteiger partial charge in [-0.1, -0.05) is 19.1 Å². The molecule has 0 aromatic heterocycles. The Kier molecular flexibility index (Phi) is 8.07. The minimum absolute atomic E-state index is 0.319. The van der Waals surface area contributed by atoms with E-state index < -0.39 is 35.3 Å². The second-order valence-electron chi connectivity index (χ2n) is 9.39. The number of rotatable bonds is 6. The molecule has 0 aromatic rings. The largest absolute Gasteiger partial charge is 0.458 e. The molecular formula is C22H36N2O5. The van der Waals surface area contributed by atoms with Crippen LogP contribution in [0.25, 0.3) is 0 Å². The molecule has 1 saturated heterocycles. The highest BCUT2D eigenvalue weighted by atomic mass is 16.6. The highest BCUT2D eigenvalue weighted by molar-refractivity contribution is 5.91. The van der Waals surface area contributed by atoms with E-state index in [0.717, 1.165) is 0 Å². The van der Waals surface area contributed by atoms with Crippen LogP contribution in [0.2, 0.25) is 0 Å². The van der Waals surface area contributed by atoms with Crippen LogP contribution in [0.1, 0.15) is 61.3 Å². The summed E-state index contributed by atoms with van der Waals surface area (Å²) in [7, 11) is 0. The molecule has 1 rings (SSSR count). The Labute approximate surface area is 174 Å². The van der Waals surface area contributed by atoms with Crippen LogP contribution in [0.3, 0.4) is 0 Å². The number of nitrogens with one attached hydrogen (secondary N) is 1. The Morgan fingerprint density at radius 1 is 1.03 bits per heavy atom. The first-order valence-corrected chi connectivity index (χ1v) is 10.00. The summed E-state index contributed by atoms with van der Waals surface area (Å²) in [6.07, 6.45) is 3.60. The monoisotopic (exact) mass is 408 g/mol. The van der Waals surface area contributed by atoms with Crippen molar-refractivity contribution in [3.63, 3.8) is 0 Å². The first-order chi connectivity index (χ1) is 13.2. The maximum Gasteiger partial charge on any atom is 0.408 e. The van der Waals surface area contributed by atoms with Gasteiger partial charge in [-0.05, 0) is 54.4 Å². The first kappa shape index (κ1) is 24.7. The Morgan fingerprint density at radius 3 is 2.03 bits per heavy atom. The number of hydrogen-bond acceptors (Lipinski definition) is 5. The number of nitrogens with zero attached hydrogens (tertiary/aromatic N) is 1. The summed E-state index contributed by atoms with van der Waals surface area (Å²) in [6, 6.07) is -1.97. The lowest BCUT2D eigenvalue weighted by atomic mass is 10.00. The average Bonchev–Trinajstić information content (AvgIpc) is 2.99.